The van der Waals surface area contributed by atoms with E-state index < -0.39 is 5.82 Å². The number of para-hydroxylation sites is 1. The third-order valence-electron chi connectivity index (χ3n) is 1.63. The Morgan fingerprint density at radius 1 is 1.47 bits per heavy atom. The van der Waals surface area contributed by atoms with E-state index in [0.717, 1.165) is 0 Å². The number of anilines is 1. The van der Waals surface area contributed by atoms with E-state index in [4.69, 9.17) is 4.84 Å². The van der Waals surface area contributed by atoms with E-state index >= 15 is 0 Å². The van der Waals surface area contributed by atoms with Crippen molar-refractivity contribution >= 4 is 11.6 Å². The molecule has 1 rings (SSSR count). The molecule has 0 bridgehead atoms. The van der Waals surface area contributed by atoms with Gasteiger partial charge in [0.15, 0.2) is 0 Å². The molecule has 0 atom stereocenters. The monoisotopic (exact) mass is 212 g/mol. The summed E-state index contributed by atoms with van der Waals surface area (Å²) < 4.78 is 13.1. The molecule has 0 aliphatic carbocycles. The minimum atomic E-state index is -0.456. The molecule has 0 saturated heterocycles. The van der Waals surface area contributed by atoms with Crippen molar-refractivity contribution in [2.24, 2.45) is 0 Å². The van der Waals surface area contributed by atoms with Crippen LogP contribution in [0.15, 0.2) is 24.3 Å². The molecule has 1 amide bonds. The third kappa shape index (κ3) is 4.05. The van der Waals surface area contributed by atoms with Crippen LogP contribution in [0, 0.1) is 5.82 Å². The van der Waals surface area contributed by atoms with Gasteiger partial charge in [-0.1, -0.05) is 12.1 Å². The lowest BCUT2D eigenvalue weighted by Crippen LogP contribution is -2.28. The lowest BCUT2D eigenvalue weighted by atomic mass is 10.3. The minimum Gasteiger partial charge on any atom is -0.322 e. The molecule has 15 heavy (non-hydrogen) atoms. The molecule has 0 radical (unpaired) electrons. The maximum atomic E-state index is 13.1. The highest BCUT2D eigenvalue weighted by Crippen LogP contribution is 2.11. The van der Waals surface area contributed by atoms with Gasteiger partial charge in [-0.15, -0.1) is 0 Å². The van der Waals surface area contributed by atoms with E-state index in [2.05, 4.69) is 10.8 Å². The number of carbonyl (C=O) groups excluding carboxylic acids is 1. The third-order valence-corrected chi connectivity index (χ3v) is 1.63. The highest BCUT2D eigenvalue weighted by Gasteiger charge is 2.05. The Morgan fingerprint density at radius 3 is 2.87 bits per heavy atom. The predicted octanol–water partition coefficient (Wildman–Crippen LogP) is 1.31. The van der Waals surface area contributed by atoms with Crippen molar-refractivity contribution in [3.63, 3.8) is 0 Å². The molecular weight excluding hydrogens is 199 g/mol. The van der Waals surface area contributed by atoms with E-state index in [1.165, 1.54) is 12.1 Å². The number of amides is 1. The van der Waals surface area contributed by atoms with Crippen LogP contribution in [0.3, 0.4) is 0 Å². The summed E-state index contributed by atoms with van der Waals surface area (Å²) in [5.41, 5.74) is 2.61. The fraction of sp³-hybridized carbons (Fsp3) is 0.300. The first-order valence-corrected chi connectivity index (χ1v) is 4.63. The van der Waals surface area contributed by atoms with Gasteiger partial charge in [0.25, 0.3) is 0 Å². The van der Waals surface area contributed by atoms with Gasteiger partial charge in [-0.05, 0) is 19.1 Å². The first-order valence-electron chi connectivity index (χ1n) is 4.63. The fourth-order valence-corrected chi connectivity index (χ4v) is 0.976. The van der Waals surface area contributed by atoms with Crippen LogP contribution in [0.2, 0.25) is 0 Å². The number of nitrogens with one attached hydrogen (secondary N) is 2. The van der Waals surface area contributed by atoms with Crippen molar-refractivity contribution in [2.45, 2.75) is 6.92 Å². The number of benzene rings is 1. The lowest BCUT2D eigenvalue weighted by molar-refractivity contribution is -0.117. The van der Waals surface area contributed by atoms with Gasteiger partial charge in [0, 0.05) is 0 Å². The zero-order chi connectivity index (χ0) is 11.1. The van der Waals surface area contributed by atoms with Crippen LogP contribution >= 0.6 is 0 Å². The molecule has 2 N–H and O–H groups in total. The predicted molar refractivity (Wildman–Crippen MR) is 54.7 cm³/mol. The van der Waals surface area contributed by atoms with Gasteiger partial charge in [0.1, 0.15) is 12.4 Å². The topological polar surface area (TPSA) is 50.4 Å². The molecule has 0 saturated carbocycles. The minimum absolute atomic E-state index is 0.0117. The van der Waals surface area contributed by atoms with Crippen LogP contribution < -0.4 is 10.8 Å². The first kappa shape index (κ1) is 11.6. The van der Waals surface area contributed by atoms with Crippen molar-refractivity contribution in [3.05, 3.63) is 30.1 Å². The molecule has 1 aromatic rings. The van der Waals surface area contributed by atoms with Crippen LogP contribution in [0.5, 0.6) is 0 Å². The maximum Gasteiger partial charge on any atom is 0.240 e. The Bertz CT molecular complexity index is 331. The molecule has 82 valence electrons. The smallest absolute Gasteiger partial charge is 0.240 e. The quantitative estimate of drug-likeness (QED) is 0.571. The number of halogens is 1. The van der Waals surface area contributed by atoms with E-state index in [-0.39, 0.29) is 18.1 Å². The van der Waals surface area contributed by atoms with Gasteiger partial charge in [0.2, 0.25) is 5.91 Å². The number of hydrogen-bond acceptors (Lipinski definition) is 3. The van der Waals surface area contributed by atoms with Crippen LogP contribution in [-0.2, 0) is 9.63 Å². The van der Waals surface area contributed by atoms with Gasteiger partial charge in [0.05, 0.1) is 12.3 Å². The first-order chi connectivity index (χ1) is 7.24. The van der Waals surface area contributed by atoms with E-state index in [1.807, 2.05) is 0 Å². The summed E-state index contributed by atoms with van der Waals surface area (Å²) in [4.78, 5) is 16.0. The fourth-order valence-electron chi connectivity index (χ4n) is 0.976. The Labute approximate surface area is 87.4 Å². The molecule has 0 heterocycles. The Hall–Kier alpha value is -1.46. The van der Waals surface area contributed by atoms with Crippen molar-refractivity contribution in [1.29, 1.82) is 0 Å². The summed E-state index contributed by atoms with van der Waals surface area (Å²) in [6.45, 7) is 2.25. The number of carbonyl (C=O) groups is 1. The molecule has 5 heteroatoms. The highest BCUT2D eigenvalue weighted by molar-refractivity contribution is 5.92. The molecule has 0 aliphatic rings. The average Bonchev–Trinajstić information content (AvgIpc) is 2.22. The number of rotatable bonds is 5. The molecule has 0 fully saturated rings. The Morgan fingerprint density at radius 2 is 2.20 bits per heavy atom. The summed E-state index contributed by atoms with van der Waals surface area (Å²) in [5, 5.41) is 2.41. The van der Waals surface area contributed by atoms with Crippen LogP contribution in [0.25, 0.3) is 0 Å². The summed E-state index contributed by atoms with van der Waals surface area (Å²) in [5.74, 6) is -0.809. The number of hydrogen-bond donors (Lipinski definition) is 2. The second-order valence-corrected chi connectivity index (χ2v) is 2.78. The molecule has 1 aromatic carbocycles. The largest absolute Gasteiger partial charge is 0.322 e. The van der Waals surface area contributed by atoms with Crippen molar-refractivity contribution in [2.75, 3.05) is 18.5 Å². The second kappa shape index (κ2) is 6.10. The van der Waals surface area contributed by atoms with Gasteiger partial charge in [-0.2, -0.15) is 5.48 Å². The molecule has 0 aromatic heterocycles. The molecule has 0 spiro atoms. The summed E-state index contributed by atoms with van der Waals surface area (Å²) in [6.07, 6.45) is 0. The average molecular weight is 212 g/mol. The van der Waals surface area contributed by atoms with Gasteiger partial charge < -0.3 is 10.2 Å². The van der Waals surface area contributed by atoms with E-state index in [0.29, 0.717) is 6.61 Å². The van der Waals surface area contributed by atoms with Gasteiger partial charge >= 0.3 is 0 Å². The zero-order valence-electron chi connectivity index (χ0n) is 8.42. The number of hydroxylamine groups is 1. The summed E-state index contributed by atoms with van der Waals surface area (Å²) in [7, 11) is 0. The molecule has 0 aliphatic heterocycles. The molecule has 0 unspecified atom stereocenters. The molecular formula is C10H13FN2O2. The zero-order valence-corrected chi connectivity index (χ0v) is 8.42. The van der Waals surface area contributed by atoms with Crippen LogP contribution in [0.1, 0.15) is 6.92 Å². The van der Waals surface area contributed by atoms with Crippen LogP contribution in [-0.4, -0.2) is 19.1 Å². The van der Waals surface area contributed by atoms with Crippen molar-refractivity contribution < 1.29 is 14.0 Å². The normalized spacial score (nSPS) is 10.0. The lowest BCUT2D eigenvalue weighted by Gasteiger charge is -2.06. The van der Waals surface area contributed by atoms with E-state index in [1.54, 1.807) is 19.1 Å². The second-order valence-electron chi connectivity index (χ2n) is 2.78. The molecule has 4 nitrogen and oxygen atoms in total. The maximum absolute atomic E-state index is 13.1. The standard InChI is InChI=1S/C10H13FN2O2/c1-2-15-12-7-10(14)13-9-6-4-3-5-8(9)11/h3-6,12H,2,7H2,1H3,(H,13,14). The SMILES string of the molecule is CCONCC(=O)Nc1ccccc1F. The highest BCUT2D eigenvalue weighted by atomic mass is 19.1. The summed E-state index contributed by atoms with van der Waals surface area (Å²) in [6, 6.07) is 5.98. The van der Waals surface area contributed by atoms with Crippen molar-refractivity contribution in [1.82, 2.24) is 5.48 Å². The van der Waals surface area contributed by atoms with Crippen molar-refractivity contribution in [3.8, 4) is 0 Å². The van der Waals surface area contributed by atoms with E-state index in [9.17, 15) is 9.18 Å². The van der Waals surface area contributed by atoms with Gasteiger partial charge in [-0.25, -0.2) is 4.39 Å². The summed E-state index contributed by atoms with van der Waals surface area (Å²) >= 11 is 0. The van der Waals surface area contributed by atoms with Gasteiger partial charge in [-0.3, -0.25) is 4.79 Å². The Balaban J connectivity index is 2.41. The Kier molecular flexibility index (Phi) is 4.73. The van der Waals surface area contributed by atoms with Crippen LogP contribution in [0.4, 0.5) is 10.1 Å².